The summed E-state index contributed by atoms with van der Waals surface area (Å²) in [6.45, 7) is 0. The number of hydrogen-bond acceptors (Lipinski definition) is 4. The standard InChI is InChI=1S/C25H19F4N5O2/c1-34-10-9-21(33-34)17-12-18(20(26)13-19(17)25(27,28)29)24(36)32-23-16(14-5-3-2-4-6-14)8-7-15(31-23)11-22(30)35/h2-10,12-13H,11H2,1H3,(H2,30,35)(H,31,32,36). The minimum Gasteiger partial charge on any atom is -0.369 e. The second-order valence-corrected chi connectivity index (χ2v) is 7.91. The molecule has 0 saturated carbocycles. The lowest BCUT2D eigenvalue weighted by Crippen LogP contribution is -2.19. The van der Waals surface area contributed by atoms with Crippen LogP contribution in [0.4, 0.5) is 23.4 Å². The van der Waals surface area contributed by atoms with Crippen LogP contribution in [0.5, 0.6) is 0 Å². The van der Waals surface area contributed by atoms with Gasteiger partial charge in [-0.3, -0.25) is 14.3 Å². The lowest BCUT2D eigenvalue weighted by molar-refractivity contribution is -0.137. The van der Waals surface area contributed by atoms with E-state index in [-0.39, 0.29) is 29.7 Å². The molecule has 0 aliphatic carbocycles. The van der Waals surface area contributed by atoms with Crippen molar-refractivity contribution in [3.05, 3.63) is 89.5 Å². The van der Waals surface area contributed by atoms with Gasteiger partial charge in [-0.2, -0.15) is 18.3 Å². The maximum atomic E-state index is 14.8. The lowest BCUT2D eigenvalue weighted by Gasteiger charge is -2.15. The highest BCUT2D eigenvalue weighted by molar-refractivity contribution is 6.06. The molecule has 0 aliphatic rings. The zero-order chi connectivity index (χ0) is 26.0. The normalized spacial score (nSPS) is 11.4. The number of carbonyl (C=O) groups is 2. The Balaban J connectivity index is 1.79. The molecule has 2 amide bonds. The van der Waals surface area contributed by atoms with E-state index in [2.05, 4.69) is 15.4 Å². The van der Waals surface area contributed by atoms with Gasteiger partial charge in [0.2, 0.25) is 5.91 Å². The van der Waals surface area contributed by atoms with E-state index in [1.54, 1.807) is 42.5 Å². The van der Waals surface area contributed by atoms with Crippen LogP contribution in [0.2, 0.25) is 0 Å². The summed E-state index contributed by atoms with van der Waals surface area (Å²) in [6, 6.07) is 14.4. The van der Waals surface area contributed by atoms with Gasteiger partial charge in [0.15, 0.2) is 0 Å². The Kier molecular flexibility index (Phi) is 6.56. The van der Waals surface area contributed by atoms with Crippen LogP contribution in [0.1, 0.15) is 21.6 Å². The molecule has 0 fully saturated rings. The quantitative estimate of drug-likeness (QED) is 0.381. The summed E-state index contributed by atoms with van der Waals surface area (Å²) < 4.78 is 57.1. The topological polar surface area (TPSA) is 103 Å². The molecule has 0 spiro atoms. The van der Waals surface area contributed by atoms with Crippen LogP contribution in [-0.2, 0) is 24.4 Å². The van der Waals surface area contributed by atoms with Crippen LogP contribution in [0.15, 0.2) is 66.9 Å². The number of alkyl halides is 3. The van der Waals surface area contributed by atoms with Crippen LogP contribution in [0.3, 0.4) is 0 Å². The van der Waals surface area contributed by atoms with Gasteiger partial charge in [-0.15, -0.1) is 0 Å². The van der Waals surface area contributed by atoms with Gasteiger partial charge >= 0.3 is 6.18 Å². The molecule has 0 radical (unpaired) electrons. The molecular formula is C25H19F4N5O2. The van der Waals surface area contributed by atoms with Crippen LogP contribution < -0.4 is 11.1 Å². The summed E-state index contributed by atoms with van der Waals surface area (Å²) >= 11 is 0. The number of rotatable bonds is 6. The smallest absolute Gasteiger partial charge is 0.369 e. The highest BCUT2D eigenvalue weighted by atomic mass is 19.4. The van der Waals surface area contributed by atoms with Gasteiger partial charge in [-0.25, -0.2) is 9.37 Å². The molecule has 36 heavy (non-hydrogen) atoms. The first-order valence-corrected chi connectivity index (χ1v) is 10.6. The van der Waals surface area contributed by atoms with Gasteiger partial charge in [-0.05, 0) is 35.9 Å². The van der Waals surface area contributed by atoms with Gasteiger partial charge in [-0.1, -0.05) is 30.3 Å². The minimum absolute atomic E-state index is 0.0105. The predicted octanol–water partition coefficient (Wildman–Crippen LogP) is 4.59. The molecule has 2 aromatic carbocycles. The average molecular weight is 497 g/mol. The Hall–Kier alpha value is -4.54. The van der Waals surface area contributed by atoms with E-state index in [0.29, 0.717) is 11.1 Å². The molecule has 184 valence electrons. The van der Waals surface area contributed by atoms with Gasteiger partial charge in [0, 0.05) is 24.4 Å². The fourth-order valence-electron chi connectivity index (χ4n) is 3.65. The number of primary amides is 1. The number of nitrogens with zero attached hydrogens (tertiary/aromatic N) is 3. The number of aromatic nitrogens is 3. The highest BCUT2D eigenvalue weighted by Crippen LogP contribution is 2.38. The van der Waals surface area contributed by atoms with E-state index in [0.717, 1.165) is 6.07 Å². The molecule has 2 heterocycles. The number of anilines is 1. The number of amides is 2. The number of nitrogens with one attached hydrogen (secondary N) is 1. The van der Waals surface area contributed by atoms with Crippen molar-refractivity contribution in [1.29, 1.82) is 0 Å². The van der Waals surface area contributed by atoms with Crippen molar-refractivity contribution in [3.8, 4) is 22.4 Å². The van der Waals surface area contributed by atoms with Crippen molar-refractivity contribution >= 4 is 17.6 Å². The number of pyridine rings is 1. The van der Waals surface area contributed by atoms with Crippen molar-refractivity contribution < 1.29 is 27.2 Å². The van der Waals surface area contributed by atoms with Crippen molar-refractivity contribution in [1.82, 2.24) is 14.8 Å². The summed E-state index contributed by atoms with van der Waals surface area (Å²) in [4.78, 5) is 28.7. The molecule has 0 aliphatic heterocycles. The van der Waals surface area contributed by atoms with E-state index >= 15 is 0 Å². The third-order valence-electron chi connectivity index (χ3n) is 5.27. The van der Waals surface area contributed by atoms with Crippen LogP contribution in [0.25, 0.3) is 22.4 Å². The largest absolute Gasteiger partial charge is 0.417 e. The summed E-state index contributed by atoms with van der Waals surface area (Å²) in [7, 11) is 1.52. The maximum absolute atomic E-state index is 14.8. The van der Waals surface area contributed by atoms with E-state index in [4.69, 9.17) is 5.73 Å². The van der Waals surface area contributed by atoms with E-state index < -0.39 is 40.5 Å². The monoisotopic (exact) mass is 497 g/mol. The Bertz CT molecular complexity index is 1450. The van der Waals surface area contributed by atoms with Crippen LogP contribution in [0, 0.1) is 5.82 Å². The average Bonchev–Trinajstić information content (AvgIpc) is 3.24. The number of aryl methyl sites for hydroxylation is 1. The van der Waals surface area contributed by atoms with Gasteiger partial charge in [0.1, 0.15) is 11.6 Å². The van der Waals surface area contributed by atoms with Gasteiger partial charge < -0.3 is 11.1 Å². The molecule has 0 saturated heterocycles. The van der Waals surface area contributed by atoms with Gasteiger partial charge in [0.25, 0.3) is 5.91 Å². The van der Waals surface area contributed by atoms with Gasteiger partial charge in [0.05, 0.1) is 28.9 Å². The number of benzene rings is 2. The van der Waals surface area contributed by atoms with E-state index in [9.17, 15) is 27.2 Å². The lowest BCUT2D eigenvalue weighted by atomic mass is 9.99. The van der Waals surface area contributed by atoms with Crippen LogP contribution in [-0.4, -0.2) is 26.6 Å². The zero-order valence-corrected chi connectivity index (χ0v) is 18.8. The molecule has 2 aromatic heterocycles. The van der Waals surface area contributed by atoms with Crippen molar-refractivity contribution in [2.45, 2.75) is 12.6 Å². The Morgan fingerprint density at radius 1 is 1.03 bits per heavy atom. The molecular weight excluding hydrogens is 478 g/mol. The summed E-state index contributed by atoms with van der Waals surface area (Å²) in [5.41, 5.74) is 4.18. The summed E-state index contributed by atoms with van der Waals surface area (Å²) in [5.74, 6) is -3.06. The third-order valence-corrected chi connectivity index (χ3v) is 5.27. The van der Waals surface area contributed by atoms with Crippen molar-refractivity contribution in [2.24, 2.45) is 12.8 Å². The maximum Gasteiger partial charge on any atom is 0.417 e. The molecule has 0 atom stereocenters. The number of halogens is 4. The number of carbonyl (C=O) groups excluding carboxylic acids is 2. The SMILES string of the molecule is Cn1ccc(-c2cc(C(=O)Nc3nc(CC(N)=O)ccc3-c3ccccc3)c(F)cc2C(F)(F)F)n1. The Morgan fingerprint density at radius 2 is 1.75 bits per heavy atom. The van der Waals surface area contributed by atoms with E-state index in [1.807, 2.05) is 0 Å². The molecule has 3 N–H and O–H groups in total. The molecule has 4 rings (SSSR count). The fourth-order valence-corrected chi connectivity index (χ4v) is 3.65. The fraction of sp³-hybridized carbons (Fsp3) is 0.120. The second kappa shape index (κ2) is 9.61. The molecule has 7 nitrogen and oxygen atoms in total. The summed E-state index contributed by atoms with van der Waals surface area (Å²) in [5, 5.41) is 6.44. The zero-order valence-electron chi connectivity index (χ0n) is 18.8. The molecule has 0 unspecified atom stereocenters. The Morgan fingerprint density at radius 3 is 2.36 bits per heavy atom. The van der Waals surface area contributed by atoms with E-state index in [1.165, 1.54) is 24.0 Å². The first kappa shape index (κ1) is 24.6. The van der Waals surface area contributed by atoms with Crippen LogP contribution >= 0.6 is 0 Å². The first-order chi connectivity index (χ1) is 17.0. The highest BCUT2D eigenvalue weighted by Gasteiger charge is 2.36. The van der Waals surface area contributed by atoms with Crippen molar-refractivity contribution in [3.63, 3.8) is 0 Å². The second-order valence-electron chi connectivity index (χ2n) is 7.91. The van der Waals surface area contributed by atoms with Crippen molar-refractivity contribution in [2.75, 3.05) is 5.32 Å². The number of hydrogen-bond donors (Lipinski definition) is 2. The predicted molar refractivity (Wildman–Crippen MR) is 124 cm³/mol. The minimum atomic E-state index is -4.88. The third kappa shape index (κ3) is 5.24. The summed E-state index contributed by atoms with van der Waals surface area (Å²) in [6.07, 6.45) is -3.66. The number of nitrogens with two attached hydrogens (primary N) is 1. The molecule has 11 heteroatoms. The Labute approximate surface area is 202 Å². The first-order valence-electron chi connectivity index (χ1n) is 10.6. The molecule has 4 aromatic rings. The molecule has 0 bridgehead atoms.